The van der Waals surface area contributed by atoms with Crippen molar-refractivity contribution in [3.63, 3.8) is 0 Å². The molecule has 0 saturated carbocycles. The largest absolute Gasteiger partial charge is 0.381 e. The van der Waals surface area contributed by atoms with Crippen LogP contribution >= 0.6 is 0 Å². The lowest BCUT2D eigenvalue weighted by molar-refractivity contribution is 0.0831. The molecule has 0 aromatic carbocycles. The Balaban J connectivity index is 2.56. The van der Waals surface area contributed by atoms with E-state index in [1.807, 2.05) is 6.92 Å². The summed E-state index contributed by atoms with van der Waals surface area (Å²) in [6, 6.07) is 0.0344. The predicted molar refractivity (Wildman–Crippen MR) is 69.3 cm³/mol. The second kappa shape index (κ2) is 6.52. The van der Waals surface area contributed by atoms with Gasteiger partial charge in [-0.3, -0.25) is 0 Å². The third kappa shape index (κ3) is 4.41. The maximum absolute atomic E-state index is 12.1. The minimum atomic E-state index is -3.23. The van der Waals surface area contributed by atoms with Crippen molar-refractivity contribution in [2.24, 2.45) is 5.92 Å². The van der Waals surface area contributed by atoms with Gasteiger partial charge in [-0.2, -0.15) is 0 Å². The van der Waals surface area contributed by atoms with Gasteiger partial charge in [0.15, 0.2) is 0 Å². The fourth-order valence-corrected chi connectivity index (χ4v) is 3.55. The van der Waals surface area contributed by atoms with Crippen molar-refractivity contribution in [2.45, 2.75) is 44.4 Å². The van der Waals surface area contributed by atoms with Gasteiger partial charge in [0.05, 0.1) is 5.25 Å². The Morgan fingerprint density at radius 3 is 2.53 bits per heavy atom. The fraction of sp³-hybridized carbons (Fsp3) is 0.833. The molecule has 0 aliphatic carbocycles. The maximum Gasteiger partial charge on any atom is 0.214 e. The second-order valence-corrected chi connectivity index (χ2v) is 6.83. The van der Waals surface area contributed by atoms with Crippen LogP contribution < -0.4 is 4.72 Å². The Hall–Kier alpha value is -0.390. The highest BCUT2D eigenvalue weighted by Gasteiger charge is 2.28. The number of allylic oxidation sites excluding steroid dienone is 1. The van der Waals surface area contributed by atoms with Crippen LogP contribution in [-0.2, 0) is 14.8 Å². The second-order valence-electron chi connectivity index (χ2n) is 4.76. The molecule has 0 aromatic heterocycles. The summed E-state index contributed by atoms with van der Waals surface area (Å²) in [6.07, 6.45) is 4.02. The van der Waals surface area contributed by atoms with Crippen LogP contribution in [-0.4, -0.2) is 32.9 Å². The van der Waals surface area contributed by atoms with E-state index in [-0.39, 0.29) is 17.2 Å². The van der Waals surface area contributed by atoms with Gasteiger partial charge in [0.2, 0.25) is 10.0 Å². The average molecular weight is 261 g/mol. The summed E-state index contributed by atoms with van der Waals surface area (Å²) in [4.78, 5) is 0. The highest BCUT2D eigenvalue weighted by molar-refractivity contribution is 7.90. The zero-order valence-corrected chi connectivity index (χ0v) is 11.5. The number of rotatable bonds is 6. The van der Waals surface area contributed by atoms with E-state index in [2.05, 4.69) is 11.3 Å². The van der Waals surface area contributed by atoms with E-state index < -0.39 is 10.0 Å². The molecular formula is C12H23NO3S. The van der Waals surface area contributed by atoms with Gasteiger partial charge in [0, 0.05) is 19.3 Å². The van der Waals surface area contributed by atoms with Crippen LogP contribution in [0.1, 0.15) is 33.1 Å². The molecule has 2 atom stereocenters. The highest BCUT2D eigenvalue weighted by atomic mass is 32.2. The first kappa shape index (κ1) is 14.7. The summed E-state index contributed by atoms with van der Waals surface area (Å²) in [5.74, 6) is 0.0878. The number of sulfonamides is 1. The third-order valence-electron chi connectivity index (χ3n) is 3.38. The molecule has 5 heteroatoms. The smallest absolute Gasteiger partial charge is 0.214 e. The molecule has 1 heterocycles. The average Bonchev–Trinajstić information content (AvgIpc) is 2.29. The van der Waals surface area contributed by atoms with Crippen molar-refractivity contribution in [3.05, 3.63) is 12.7 Å². The molecule has 0 amide bonds. The van der Waals surface area contributed by atoms with Crippen LogP contribution in [0.3, 0.4) is 0 Å². The topological polar surface area (TPSA) is 55.4 Å². The molecular weight excluding hydrogens is 238 g/mol. The summed E-state index contributed by atoms with van der Waals surface area (Å²) < 4.78 is 32.3. The molecule has 1 fully saturated rings. The number of hydrogen-bond acceptors (Lipinski definition) is 3. The van der Waals surface area contributed by atoms with Crippen LogP contribution in [0.4, 0.5) is 0 Å². The Kier molecular flexibility index (Phi) is 5.62. The molecule has 1 aliphatic heterocycles. The Morgan fingerprint density at radius 2 is 2.00 bits per heavy atom. The number of hydrogen-bond donors (Lipinski definition) is 1. The molecule has 0 spiro atoms. The first-order valence-electron chi connectivity index (χ1n) is 6.17. The van der Waals surface area contributed by atoms with Crippen molar-refractivity contribution in [1.29, 1.82) is 0 Å². The Labute approximate surface area is 104 Å². The normalized spacial score (nSPS) is 22.0. The molecule has 100 valence electrons. The lowest BCUT2D eigenvalue weighted by Gasteiger charge is -2.26. The summed E-state index contributed by atoms with van der Waals surface area (Å²) in [5, 5.41) is -0.386. The number of ether oxygens (including phenoxy) is 1. The molecule has 0 aromatic rings. The summed E-state index contributed by atoms with van der Waals surface area (Å²) in [7, 11) is -3.23. The molecule has 1 N–H and O–H groups in total. The lowest BCUT2D eigenvalue weighted by Crippen LogP contribution is -2.44. The number of nitrogens with one attached hydrogen (secondary N) is 1. The monoisotopic (exact) mass is 261 g/mol. The zero-order chi connectivity index (χ0) is 12.9. The van der Waals surface area contributed by atoms with Crippen LogP contribution in [0.2, 0.25) is 0 Å². The van der Waals surface area contributed by atoms with E-state index in [0.29, 0.717) is 13.2 Å². The van der Waals surface area contributed by atoms with Crippen molar-refractivity contribution in [1.82, 2.24) is 4.72 Å². The van der Waals surface area contributed by atoms with E-state index >= 15 is 0 Å². The van der Waals surface area contributed by atoms with Gasteiger partial charge in [-0.25, -0.2) is 13.1 Å². The summed E-state index contributed by atoms with van der Waals surface area (Å²) >= 11 is 0. The molecule has 1 aliphatic rings. The minimum Gasteiger partial charge on any atom is -0.381 e. The van der Waals surface area contributed by atoms with Crippen LogP contribution in [0, 0.1) is 5.92 Å². The molecule has 4 nitrogen and oxygen atoms in total. The third-order valence-corrected chi connectivity index (χ3v) is 5.49. The van der Waals surface area contributed by atoms with Crippen LogP contribution in [0.25, 0.3) is 0 Å². The van der Waals surface area contributed by atoms with Gasteiger partial charge < -0.3 is 4.74 Å². The van der Waals surface area contributed by atoms with E-state index in [4.69, 9.17) is 4.74 Å². The van der Waals surface area contributed by atoms with E-state index in [9.17, 15) is 8.42 Å². The Morgan fingerprint density at radius 1 is 1.41 bits per heavy atom. The molecule has 0 unspecified atom stereocenters. The van der Waals surface area contributed by atoms with Crippen molar-refractivity contribution < 1.29 is 13.2 Å². The first-order valence-corrected chi connectivity index (χ1v) is 7.71. The zero-order valence-electron chi connectivity index (χ0n) is 10.7. The van der Waals surface area contributed by atoms with Crippen molar-refractivity contribution >= 4 is 10.0 Å². The standard InChI is InChI=1S/C12H23NO3S/c1-4-5-10(2)11(3)17(14,15)13-12-6-8-16-9-7-12/h4,10-13H,1,5-9H2,2-3H3/t10-,11+/m1/s1. The van der Waals surface area contributed by atoms with E-state index in [0.717, 1.165) is 19.3 Å². The van der Waals surface area contributed by atoms with E-state index in [1.165, 1.54) is 0 Å². The fourth-order valence-electron chi connectivity index (χ4n) is 1.92. The van der Waals surface area contributed by atoms with Gasteiger partial charge >= 0.3 is 0 Å². The molecule has 0 radical (unpaired) electrons. The van der Waals surface area contributed by atoms with Gasteiger partial charge in [-0.1, -0.05) is 13.0 Å². The minimum absolute atomic E-state index is 0.0344. The van der Waals surface area contributed by atoms with Crippen LogP contribution in [0.15, 0.2) is 12.7 Å². The highest BCUT2D eigenvalue weighted by Crippen LogP contribution is 2.17. The van der Waals surface area contributed by atoms with Crippen molar-refractivity contribution in [2.75, 3.05) is 13.2 Å². The van der Waals surface area contributed by atoms with Crippen LogP contribution in [0.5, 0.6) is 0 Å². The van der Waals surface area contributed by atoms with E-state index in [1.54, 1.807) is 13.0 Å². The lowest BCUT2D eigenvalue weighted by atomic mass is 10.1. The van der Waals surface area contributed by atoms with Crippen molar-refractivity contribution in [3.8, 4) is 0 Å². The molecule has 17 heavy (non-hydrogen) atoms. The summed E-state index contributed by atoms with van der Waals surface area (Å²) in [6.45, 7) is 8.63. The SMILES string of the molecule is C=CC[C@@H](C)[C@H](C)S(=O)(=O)NC1CCOCC1. The Bertz CT molecular complexity index is 334. The molecule has 1 rings (SSSR count). The van der Waals surface area contributed by atoms with Gasteiger partial charge in [0.1, 0.15) is 0 Å². The predicted octanol–water partition coefficient (Wildman–Crippen LogP) is 1.69. The maximum atomic E-state index is 12.1. The van der Waals surface area contributed by atoms with Gasteiger partial charge in [-0.05, 0) is 32.1 Å². The van der Waals surface area contributed by atoms with Gasteiger partial charge in [-0.15, -0.1) is 6.58 Å². The summed E-state index contributed by atoms with van der Waals surface area (Å²) in [5.41, 5.74) is 0. The molecule has 1 saturated heterocycles. The quantitative estimate of drug-likeness (QED) is 0.740. The van der Waals surface area contributed by atoms with Gasteiger partial charge in [0.25, 0.3) is 0 Å². The molecule has 0 bridgehead atoms. The first-order chi connectivity index (χ1) is 7.97.